The van der Waals surface area contributed by atoms with Gasteiger partial charge in [-0.15, -0.1) is 0 Å². The Hall–Kier alpha value is -2.53. The minimum Gasteiger partial charge on any atom is -0.495 e. The average Bonchev–Trinajstić information content (AvgIpc) is 2.65. The Labute approximate surface area is 156 Å². The Morgan fingerprint density at radius 1 is 1.08 bits per heavy atom. The molecule has 0 saturated carbocycles. The lowest BCUT2D eigenvalue weighted by Gasteiger charge is -2.20. The molecule has 140 valence electrons. The molecule has 0 aromatic heterocycles. The Bertz CT molecular complexity index is 727. The van der Waals surface area contributed by atoms with Crippen molar-refractivity contribution in [1.82, 2.24) is 4.90 Å². The van der Waals surface area contributed by atoms with Gasteiger partial charge in [0.15, 0.2) is 0 Å². The number of nitrogens with zero attached hydrogens (tertiary/aromatic N) is 1. The van der Waals surface area contributed by atoms with Gasteiger partial charge >= 0.3 is 0 Å². The molecule has 2 aromatic carbocycles. The van der Waals surface area contributed by atoms with Crippen molar-refractivity contribution in [3.63, 3.8) is 0 Å². The molecular formula is C21H29N3O2. The minimum atomic E-state index is -0.105. The lowest BCUT2D eigenvalue weighted by atomic mass is 10.1. The number of methoxy groups -OCH3 is 1. The van der Waals surface area contributed by atoms with Gasteiger partial charge in [-0.25, -0.2) is 0 Å². The van der Waals surface area contributed by atoms with Crippen LogP contribution in [0.5, 0.6) is 5.75 Å². The third-order valence-corrected chi connectivity index (χ3v) is 4.37. The number of anilines is 2. The molecule has 2 N–H and O–H groups in total. The highest BCUT2D eigenvalue weighted by Crippen LogP contribution is 2.25. The topological polar surface area (TPSA) is 53.6 Å². The van der Waals surface area contributed by atoms with Crippen LogP contribution in [0.2, 0.25) is 0 Å². The van der Waals surface area contributed by atoms with Crippen molar-refractivity contribution in [2.24, 2.45) is 0 Å². The standard InChI is InChI=1S/C21H29N3O2/c1-5-24(6-2)15-17-9-7-8-10-18(17)22-14-21(25)23-19-13-16(3)11-12-20(19)26-4/h7-13,22H,5-6,14-15H2,1-4H3,(H,23,25). The quantitative estimate of drug-likeness (QED) is 0.716. The number of benzene rings is 2. The summed E-state index contributed by atoms with van der Waals surface area (Å²) in [5, 5.41) is 6.18. The van der Waals surface area contributed by atoms with Crippen LogP contribution in [0.15, 0.2) is 42.5 Å². The van der Waals surface area contributed by atoms with Crippen molar-refractivity contribution in [2.45, 2.75) is 27.3 Å². The van der Waals surface area contributed by atoms with Crippen LogP contribution in [0.3, 0.4) is 0 Å². The van der Waals surface area contributed by atoms with E-state index in [0.29, 0.717) is 11.4 Å². The number of hydrogen-bond donors (Lipinski definition) is 2. The molecular weight excluding hydrogens is 326 g/mol. The van der Waals surface area contributed by atoms with Gasteiger partial charge < -0.3 is 15.4 Å². The number of amides is 1. The Morgan fingerprint density at radius 3 is 2.50 bits per heavy atom. The summed E-state index contributed by atoms with van der Waals surface area (Å²) >= 11 is 0. The Balaban J connectivity index is 2.01. The first-order valence-corrected chi connectivity index (χ1v) is 9.06. The molecule has 5 heteroatoms. The fraction of sp³-hybridized carbons (Fsp3) is 0.381. The average molecular weight is 355 g/mol. The predicted molar refractivity (Wildman–Crippen MR) is 108 cm³/mol. The minimum absolute atomic E-state index is 0.105. The van der Waals surface area contributed by atoms with E-state index in [1.807, 2.05) is 43.3 Å². The number of carbonyl (C=O) groups is 1. The smallest absolute Gasteiger partial charge is 0.243 e. The van der Waals surface area contributed by atoms with Gasteiger partial charge in [0.25, 0.3) is 0 Å². The first-order chi connectivity index (χ1) is 12.6. The highest BCUT2D eigenvalue weighted by Gasteiger charge is 2.10. The molecule has 0 aliphatic heterocycles. The number of nitrogens with one attached hydrogen (secondary N) is 2. The van der Waals surface area contributed by atoms with Crippen LogP contribution in [0.1, 0.15) is 25.0 Å². The number of hydrogen-bond acceptors (Lipinski definition) is 4. The molecule has 0 aliphatic carbocycles. The van der Waals surface area contributed by atoms with Crippen LogP contribution < -0.4 is 15.4 Å². The SMILES string of the molecule is CCN(CC)Cc1ccccc1NCC(=O)Nc1cc(C)ccc1OC. The highest BCUT2D eigenvalue weighted by molar-refractivity contribution is 5.95. The molecule has 26 heavy (non-hydrogen) atoms. The molecule has 0 heterocycles. The second-order valence-corrected chi connectivity index (χ2v) is 6.22. The summed E-state index contributed by atoms with van der Waals surface area (Å²) in [6, 6.07) is 13.8. The molecule has 0 aliphatic rings. The van der Waals surface area contributed by atoms with Crippen molar-refractivity contribution in [2.75, 3.05) is 37.4 Å². The molecule has 2 aromatic rings. The summed E-state index contributed by atoms with van der Waals surface area (Å²) in [4.78, 5) is 14.7. The number of aryl methyl sites for hydroxylation is 1. The van der Waals surface area contributed by atoms with E-state index in [4.69, 9.17) is 4.74 Å². The zero-order valence-corrected chi connectivity index (χ0v) is 16.1. The van der Waals surface area contributed by atoms with Crippen molar-refractivity contribution in [3.8, 4) is 5.75 Å². The Morgan fingerprint density at radius 2 is 1.81 bits per heavy atom. The molecule has 0 saturated heterocycles. The van der Waals surface area contributed by atoms with E-state index < -0.39 is 0 Å². The molecule has 1 amide bonds. The molecule has 0 spiro atoms. The molecule has 2 rings (SSSR count). The summed E-state index contributed by atoms with van der Waals surface area (Å²) in [6.45, 7) is 9.36. The van der Waals surface area contributed by atoms with Gasteiger partial charge in [-0.2, -0.15) is 0 Å². The summed E-state index contributed by atoms with van der Waals surface area (Å²) < 4.78 is 5.31. The normalized spacial score (nSPS) is 10.7. The van der Waals surface area contributed by atoms with E-state index in [2.05, 4.69) is 35.4 Å². The third kappa shape index (κ3) is 5.49. The zero-order chi connectivity index (χ0) is 18.9. The van der Waals surface area contributed by atoms with Crippen LogP contribution in [0, 0.1) is 6.92 Å². The maximum Gasteiger partial charge on any atom is 0.243 e. The maximum atomic E-state index is 12.4. The fourth-order valence-electron chi connectivity index (χ4n) is 2.81. The zero-order valence-electron chi connectivity index (χ0n) is 16.1. The second-order valence-electron chi connectivity index (χ2n) is 6.22. The van der Waals surface area contributed by atoms with Gasteiger partial charge in [0, 0.05) is 12.2 Å². The molecule has 0 atom stereocenters. The van der Waals surface area contributed by atoms with Crippen molar-refractivity contribution in [1.29, 1.82) is 0 Å². The fourth-order valence-corrected chi connectivity index (χ4v) is 2.81. The van der Waals surface area contributed by atoms with Crippen LogP contribution >= 0.6 is 0 Å². The molecule has 0 bridgehead atoms. The van der Waals surface area contributed by atoms with Crippen molar-refractivity contribution >= 4 is 17.3 Å². The monoisotopic (exact) mass is 355 g/mol. The first-order valence-electron chi connectivity index (χ1n) is 9.06. The van der Waals surface area contributed by atoms with Gasteiger partial charge in [-0.3, -0.25) is 9.69 Å². The first kappa shape index (κ1) is 19.8. The largest absolute Gasteiger partial charge is 0.495 e. The van der Waals surface area contributed by atoms with E-state index in [-0.39, 0.29) is 12.5 Å². The summed E-state index contributed by atoms with van der Waals surface area (Å²) in [6.07, 6.45) is 0. The number of ether oxygens (including phenoxy) is 1. The molecule has 0 radical (unpaired) electrons. The van der Waals surface area contributed by atoms with Gasteiger partial charge in [0.2, 0.25) is 5.91 Å². The van der Waals surface area contributed by atoms with Gasteiger partial charge in [0.05, 0.1) is 19.3 Å². The molecule has 5 nitrogen and oxygen atoms in total. The van der Waals surface area contributed by atoms with Crippen molar-refractivity contribution < 1.29 is 9.53 Å². The second kappa shape index (κ2) is 9.82. The van der Waals surface area contributed by atoms with Gasteiger partial charge in [-0.1, -0.05) is 38.1 Å². The van der Waals surface area contributed by atoms with E-state index in [1.165, 1.54) is 5.56 Å². The lowest BCUT2D eigenvalue weighted by molar-refractivity contribution is -0.114. The van der Waals surface area contributed by atoms with E-state index >= 15 is 0 Å². The van der Waals surface area contributed by atoms with Gasteiger partial charge in [0.1, 0.15) is 5.75 Å². The van der Waals surface area contributed by atoms with Gasteiger partial charge in [-0.05, 0) is 49.3 Å². The lowest BCUT2D eigenvalue weighted by Crippen LogP contribution is -2.25. The third-order valence-electron chi connectivity index (χ3n) is 4.37. The summed E-state index contributed by atoms with van der Waals surface area (Å²) in [5.41, 5.74) is 3.94. The van der Waals surface area contributed by atoms with Crippen molar-refractivity contribution in [3.05, 3.63) is 53.6 Å². The van der Waals surface area contributed by atoms with E-state index in [0.717, 1.165) is 30.9 Å². The van der Waals surface area contributed by atoms with Crippen LogP contribution in [0.25, 0.3) is 0 Å². The summed E-state index contributed by atoms with van der Waals surface area (Å²) in [7, 11) is 1.60. The summed E-state index contributed by atoms with van der Waals surface area (Å²) in [5.74, 6) is 0.553. The number of para-hydroxylation sites is 1. The number of carbonyl (C=O) groups excluding carboxylic acids is 1. The molecule has 0 unspecified atom stereocenters. The number of rotatable bonds is 9. The highest BCUT2D eigenvalue weighted by atomic mass is 16.5. The van der Waals surface area contributed by atoms with Crippen LogP contribution in [-0.2, 0) is 11.3 Å². The van der Waals surface area contributed by atoms with Crippen LogP contribution in [0.4, 0.5) is 11.4 Å². The van der Waals surface area contributed by atoms with Crippen LogP contribution in [-0.4, -0.2) is 37.6 Å². The predicted octanol–water partition coefficient (Wildman–Crippen LogP) is 3.90. The van der Waals surface area contributed by atoms with E-state index in [1.54, 1.807) is 7.11 Å². The molecule has 0 fully saturated rings. The van der Waals surface area contributed by atoms with E-state index in [9.17, 15) is 4.79 Å². The maximum absolute atomic E-state index is 12.4. The Kier molecular flexibility index (Phi) is 7.48.